The van der Waals surface area contributed by atoms with Gasteiger partial charge in [-0.1, -0.05) is 65.3 Å². The first-order valence-corrected chi connectivity index (χ1v) is 13.1. The molecular weight excluding hydrogens is 364 g/mol. The molecule has 3 saturated carbocycles. The quantitative estimate of drug-likeness (QED) is 0.419. The van der Waals surface area contributed by atoms with Crippen LogP contribution in [-0.2, 0) is 4.79 Å². The zero-order valence-electron chi connectivity index (χ0n) is 20.5. The summed E-state index contributed by atoms with van der Waals surface area (Å²) in [7, 11) is 0. The lowest BCUT2D eigenvalue weighted by atomic mass is 9.47. The lowest BCUT2D eigenvalue weighted by Gasteiger charge is -2.57. The Labute approximate surface area is 186 Å². The van der Waals surface area contributed by atoms with Crippen LogP contribution in [0.4, 0.5) is 0 Å². The van der Waals surface area contributed by atoms with E-state index in [1.807, 2.05) is 0 Å². The summed E-state index contributed by atoms with van der Waals surface area (Å²) in [6.07, 6.45) is 18.5. The zero-order valence-corrected chi connectivity index (χ0v) is 20.5. The third-order valence-electron chi connectivity index (χ3n) is 10.6. The first-order valence-electron chi connectivity index (χ1n) is 13.1. The van der Waals surface area contributed by atoms with Crippen LogP contribution >= 0.6 is 0 Å². The Morgan fingerprint density at radius 1 is 1.07 bits per heavy atom. The molecule has 4 rings (SSSR count). The number of carbonyl (C=O) groups excluding carboxylic acids is 1. The third kappa shape index (κ3) is 3.57. The summed E-state index contributed by atoms with van der Waals surface area (Å²) in [5.41, 5.74) is 2.33. The number of Topliss-reactive ketones (excluding diaryl/α,β-unsaturated/α-hetero) is 1. The lowest BCUT2D eigenvalue weighted by Crippen LogP contribution is -2.50. The molecule has 8 atom stereocenters. The smallest absolute Gasteiger partial charge is 0.136 e. The Hall–Kier alpha value is -0.850. The zero-order chi connectivity index (χ0) is 21.7. The van der Waals surface area contributed by atoms with E-state index in [9.17, 15) is 4.79 Å². The van der Waals surface area contributed by atoms with Crippen molar-refractivity contribution < 1.29 is 4.79 Å². The summed E-state index contributed by atoms with van der Waals surface area (Å²) in [6, 6.07) is 0. The van der Waals surface area contributed by atoms with Gasteiger partial charge in [-0.25, -0.2) is 0 Å². The molecule has 0 aromatic rings. The van der Waals surface area contributed by atoms with Crippen LogP contribution in [0.25, 0.3) is 0 Å². The van der Waals surface area contributed by atoms with Gasteiger partial charge in [0, 0.05) is 12.8 Å². The first-order chi connectivity index (χ1) is 14.2. The number of hydrogen-bond donors (Lipinski definition) is 0. The van der Waals surface area contributed by atoms with Crippen molar-refractivity contribution in [3.8, 4) is 0 Å². The summed E-state index contributed by atoms with van der Waals surface area (Å²) in [5.74, 6) is 6.04. The molecule has 0 bridgehead atoms. The summed E-state index contributed by atoms with van der Waals surface area (Å²) in [6.45, 7) is 14.7. The van der Waals surface area contributed by atoms with Crippen LogP contribution in [-0.4, -0.2) is 5.78 Å². The van der Waals surface area contributed by atoms with Gasteiger partial charge < -0.3 is 0 Å². The van der Waals surface area contributed by atoms with Crippen molar-refractivity contribution in [1.82, 2.24) is 0 Å². The Balaban J connectivity index is 1.53. The predicted molar refractivity (Wildman–Crippen MR) is 127 cm³/mol. The number of ketones is 1. The SMILES string of the molecule is CC[C@H](C=C[C@@H](C)[C@H]1CC[C@H]2[C@@H]3CC=C4CC(=O)CC[C@]4(C)[C@H]3CC[C@]12C)C(C)C. The fourth-order valence-electron chi connectivity index (χ4n) is 8.66. The number of fused-ring (bicyclic) bond motifs is 5. The molecule has 0 heterocycles. The fraction of sp³-hybridized carbons (Fsp3) is 0.828. The number of hydrogen-bond acceptors (Lipinski definition) is 1. The van der Waals surface area contributed by atoms with E-state index in [1.165, 1.54) is 44.1 Å². The van der Waals surface area contributed by atoms with Gasteiger partial charge in [0.25, 0.3) is 0 Å². The van der Waals surface area contributed by atoms with E-state index in [4.69, 9.17) is 0 Å². The molecule has 0 spiro atoms. The molecule has 0 aromatic heterocycles. The van der Waals surface area contributed by atoms with E-state index < -0.39 is 0 Å². The van der Waals surface area contributed by atoms with Crippen LogP contribution < -0.4 is 0 Å². The minimum Gasteiger partial charge on any atom is -0.299 e. The molecule has 1 heteroatoms. The Morgan fingerprint density at radius 3 is 2.53 bits per heavy atom. The maximum Gasteiger partial charge on any atom is 0.136 e. The maximum atomic E-state index is 12.1. The largest absolute Gasteiger partial charge is 0.299 e. The molecule has 4 aliphatic rings. The fourth-order valence-corrected chi connectivity index (χ4v) is 8.66. The molecule has 4 aliphatic carbocycles. The molecule has 0 amide bonds. The molecule has 0 aromatic carbocycles. The summed E-state index contributed by atoms with van der Waals surface area (Å²) >= 11 is 0. The van der Waals surface area contributed by atoms with Crippen LogP contribution in [0.5, 0.6) is 0 Å². The van der Waals surface area contributed by atoms with Gasteiger partial charge in [0.2, 0.25) is 0 Å². The highest BCUT2D eigenvalue weighted by molar-refractivity contribution is 5.82. The second-order valence-corrected chi connectivity index (χ2v) is 12.3. The molecule has 0 aliphatic heterocycles. The normalized spacial score (nSPS) is 43.2. The van der Waals surface area contributed by atoms with Crippen molar-refractivity contribution in [3.63, 3.8) is 0 Å². The average molecular weight is 411 g/mol. The van der Waals surface area contributed by atoms with Crippen molar-refractivity contribution in [1.29, 1.82) is 0 Å². The minimum atomic E-state index is 0.313. The number of rotatable bonds is 5. The Morgan fingerprint density at radius 2 is 1.83 bits per heavy atom. The van der Waals surface area contributed by atoms with Gasteiger partial charge >= 0.3 is 0 Å². The van der Waals surface area contributed by atoms with Gasteiger partial charge in [-0.2, -0.15) is 0 Å². The van der Waals surface area contributed by atoms with Gasteiger partial charge in [0.15, 0.2) is 0 Å². The standard InChI is InChI=1S/C29H46O/c1-7-21(19(2)3)9-8-20(4)25-12-13-26-24-11-10-22-18-23(30)14-16-28(22,5)27(24)15-17-29(25,26)6/h8-10,19-21,24-27H,7,11-18H2,1-6H3/t20-,21-,24+,25-,26+,27+,28+,29-/m1/s1. The number of carbonyl (C=O) groups is 1. The topological polar surface area (TPSA) is 17.1 Å². The van der Waals surface area contributed by atoms with E-state index in [0.717, 1.165) is 54.8 Å². The Kier molecular flexibility index (Phi) is 6.15. The first kappa shape index (κ1) is 22.3. The molecule has 0 saturated heterocycles. The number of allylic oxidation sites excluding steroid dienone is 4. The van der Waals surface area contributed by atoms with Crippen molar-refractivity contribution in [2.75, 3.05) is 0 Å². The van der Waals surface area contributed by atoms with Gasteiger partial charge in [0.05, 0.1) is 0 Å². The second kappa shape index (κ2) is 8.25. The van der Waals surface area contributed by atoms with Crippen LogP contribution in [0.3, 0.4) is 0 Å². The van der Waals surface area contributed by atoms with E-state index in [2.05, 4.69) is 59.8 Å². The molecule has 0 radical (unpaired) electrons. The molecule has 0 N–H and O–H groups in total. The van der Waals surface area contributed by atoms with E-state index >= 15 is 0 Å². The summed E-state index contributed by atoms with van der Waals surface area (Å²) < 4.78 is 0. The van der Waals surface area contributed by atoms with Gasteiger partial charge in [-0.3, -0.25) is 4.79 Å². The molecule has 1 nitrogen and oxygen atoms in total. The van der Waals surface area contributed by atoms with Crippen molar-refractivity contribution in [2.45, 2.75) is 99.3 Å². The van der Waals surface area contributed by atoms with Gasteiger partial charge in [-0.15, -0.1) is 0 Å². The third-order valence-corrected chi connectivity index (χ3v) is 10.6. The molecule has 168 valence electrons. The van der Waals surface area contributed by atoms with Crippen molar-refractivity contribution in [3.05, 3.63) is 23.8 Å². The van der Waals surface area contributed by atoms with Crippen molar-refractivity contribution in [2.24, 2.45) is 52.3 Å². The van der Waals surface area contributed by atoms with Crippen LogP contribution in [0, 0.1) is 52.3 Å². The van der Waals surface area contributed by atoms with Crippen LogP contribution in [0.15, 0.2) is 23.8 Å². The van der Waals surface area contributed by atoms with E-state index in [0.29, 0.717) is 22.5 Å². The highest BCUT2D eigenvalue weighted by atomic mass is 16.1. The van der Waals surface area contributed by atoms with Gasteiger partial charge in [-0.05, 0) is 97.2 Å². The second-order valence-electron chi connectivity index (χ2n) is 12.3. The lowest BCUT2D eigenvalue weighted by molar-refractivity contribution is -0.122. The minimum absolute atomic E-state index is 0.313. The monoisotopic (exact) mass is 410 g/mol. The average Bonchev–Trinajstić information content (AvgIpc) is 3.06. The molecule has 3 fully saturated rings. The van der Waals surface area contributed by atoms with Crippen LogP contribution in [0.1, 0.15) is 99.3 Å². The van der Waals surface area contributed by atoms with E-state index in [-0.39, 0.29) is 0 Å². The molecular formula is C29H46O. The molecule has 0 unspecified atom stereocenters. The van der Waals surface area contributed by atoms with E-state index in [1.54, 1.807) is 0 Å². The Bertz CT molecular complexity index is 714. The van der Waals surface area contributed by atoms with Crippen molar-refractivity contribution >= 4 is 5.78 Å². The van der Waals surface area contributed by atoms with Gasteiger partial charge in [0.1, 0.15) is 5.78 Å². The highest BCUT2D eigenvalue weighted by Gasteiger charge is 2.58. The maximum absolute atomic E-state index is 12.1. The highest BCUT2D eigenvalue weighted by Crippen LogP contribution is 2.67. The van der Waals surface area contributed by atoms with Crippen LogP contribution in [0.2, 0.25) is 0 Å². The summed E-state index contributed by atoms with van der Waals surface area (Å²) in [4.78, 5) is 12.1. The molecule has 30 heavy (non-hydrogen) atoms. The predicted octanol–water partition coefficient (Wildman–Crippen LogP) is 8.01. The summed E-state index contributed by atoms with van der Waals surface area (Å²) in [5, 5.41) is 0.